The Bertz CT molecular complexity index is 1320. The van der Waals surface area contributed by atoms with Gasteiger partial charge in [-0.1, -0.05) is 54.1 Å². The Morgan fingerprint density at radius 1 is 1.03 bits per heavy atom. The zero-order valence-electron chi connectivity index (χ0n) is 19.2. The second-order valence-electron chi connectivity index (χ2n) is 8.02. The number of nitrogens with one attached hydrogen (secondary N) is 1. The lowest BCUT2D eigenvalue weighted by atomic mass is 10.1. The van der Waals surface area contributed by atoms with Crippen molar-refractivity contribution in [2.45, 2.75) is 20.5 Å². The molecule has 8 heteroatoms. The first-order valence-electron chi connectivity index (χ1n) is 10.9. The van der Waals surface area contributed by atoms with Crippen molar-refractivity contribution in [3.8, 4) is 5.75 Å². The lowest BCUT2D eigenvalue weighted by Crippen LogP contribution is -2.36. The first-order chi connectivity index (χ1) is 16.8. The van der Waals surface area contributed by atoms with Gasteiger partial charge in [0, 0.05) is 16.3 Å². The van der Waals surface area contributed by atoms with Gasteiger partial charge in [0.05, 0.1) is 4.91 Å². The van der Waals surface area contributed by atoms with Crippen LogP contribution in [0, 0.1) is 13.8 Å². The maximum atomic E-state index is 12.9. The predicted octanol–water partition coefficient (Wildman–Crippen LogP) is 6.21. The Labute approximate surface area is 212 Å². The number of benzene rings is 3. The molecule has 3 aromatic carbocycles. The summed E-state index contributed by atoms with van der Waals surface area (Å²) >= 11 is 6.74. The van der Waals surface area contributed by atoms with Crippen LogP contribution < -0.4 is 10.1 Å². The monoisotopic (exact) mass is 506 g/mol. The smallest absolute Gasteiger partial charge is 0.294 e. The van der Waals surface area contributed by atoms with Crippen molar-refractivity contribution in [3.63, 3.8) is 0 Å². The maximum absolute atomic E-state index is 12.9. The quantitative estimate of drug-likeness (QED) is 0.385. The van der Waals surface area contributed by atoms with Gasteiger partial charge in [0.15, 0.2) is 0 Å². The Balaban J connectivity index is 1.45. The number of hydrogen-bond donors (Lipinski definition) is 1. The molecule has 0 radical (unpaired) electrons. The number of carbonyl (C=O) groups is 3. The third-order valence-electron chi connectivity index (χ3n) is 5.57. The van der Waals surface area contributed by atoms with Gasteiger partial charge in [0.1, 0.15) is 18.9 Å². The molecule has 1 aliphatic heterocycles. The van der Waals surface area contributed by atoms with Gasteiger partial charge >= 0.3 is 0 Å². The summed E-state index contributed by atoms with van der Waals surface area (Å²) in [5, 5.41) is 2.94. The molecule has 0 aliphatic carbocycles. The molecule has 1 aliphatic rings. The van der Waals surface area contributed by atoms with Crippen molar-refractivity contribution < 1.29 is 19.1 Å². The number of rotatable bonds is 7. The molecular formula is C27H23ClN2O4S. The highest BCUT2D eigenvalue weighted by atomic mass is 35.5. The number of halogens is 1. The van der Waals surface area contributed by atoms with Crippen LogP contribution in [0.4, 0.5) is 10.5 Å². The standard InChI is InChI=1S/C27H23ClN2O4S/c1-17-6-5-8-22(18(17)2)29-25(31)15-30-26(32)24(35-27(30)33)14-20-7-3-4-9-23(20)34-16-19-10-12-21(28)13-11-19/h3-14H,15-16H2,1-2H3,(H,29,31)/b24-14+. The highest BCUT2D eigenvalue weighted by Gasteiger charge is 2.36. The molecule has 35 heavy (non-hydrogen) atoms. The minimum atomic E-state index is -0.511. The van der Waals surface area contributed by atoms with Gasteiger partial charge < -0.3 is 10.1 Å². The Hall–Kier alpha value is -3.55. The minimum absolute atomic E-state index is 0.233. The van der Waals surface area contributed by atoms with Crippen LogP contribution >= 0.6 is 23.4 Å². The molecule has 1 N–H and O–H groups in total. The molecule has 0 unspecified atom stereocenters. The molecule has 0 aromatic heterocycles. The third-order valence-corrected chi connectivity index (χ3v) is 6.73. The SMILES string of the molecule is Cc1cccc(NC(=O)CN2C(=O)S/C(=C/c3ccccc3OCc3ccc(Cl)cc3)C2=O)c1C. The summed E-state index contributed by atoms with van der Waals surface area (Å²) < 4.78 is 5.94. The number of thioether (sulfide) groups is 1. The number of amides is 3. The number of anilines is 1. The van der Waals surface area contributed by atoms with Crippen molar-refractivity contribution in [2.75, 3.05) is 11.9 Å². The maximum Gasteiger partial charge on any atom is 0.294 e. The van der Waals surface area contributed by atoms with E-state index < -0.39 is 17.1 Å². The number of aryl methyl sites for hydroxylation is 1. The first-order valence-corrected chi connectivity index (χ1v) is 12.1. The predicted molar refractivity (Wildman–Crippen MR) is 139 cm³/mol. The zero-order valence-corrected chi connectivity index (χ0v) is 20.8. The van der Waals surface area contributed by atoms with Crippen LogP contribution in [0.5, 0.6) is 5.75 Å². The summed E-state index contributed by atoms with van der Waals surface area (Å²) in [6, 6.07) is 20.2. The molecule has 1 heterocycles. The first kappa shape index (κ1) is 24.6. The fourth-order valence-electron chi connectivity index (χ4n) is 3.47. The van der Waals surface area contributed by atoms with E-state index in [2.05, 4.69) is 5.32 Å². The van der Waals surface area contributed by atoms with Crippen LogP contribution in [0.25, 0.3) is 6.08 Å². The van der Waals surface area contributed by atoms with E-state index in [1.807, 2.05) is 50.2 Å². The summed E-state index contributed by atoms with van der Waals surface area (Å²) in [5.41, 5.74) is 4.23. The van der Waals surface area contributed by atoms with E-state index in [9.17, 15) is 14.4 Å². The summed E-state index contributed by atoms with van der Waals surface area (Å²) in [5.74, 6) is -0.375. The molecular weight excluding hydrogens is 484 g/mol. The topological polar surface area (TPSA) is 75.7 Å². The fourth-order valence-corrected chi connectivity index (χ4v) is 4.43. The van der Waals surface area contributed by atoms with Crippen LogP contribution in [0.1, 0.15) is 22.3 Å². The van der Waals surface area contributed by atoms with E-state index in [0.29, 0.717) is 28.6 Å². The largest absolute Gasteiger partial charge is 0.488 e. The highest BCUT2D eigenvalue weighted by molar-refractivity contribution is 8.18. The van der Waals surface area contributed by atoms with E-state index in [1.165, 1.54) is 0 Å². The molecule has 0 spiro atoms. The van der Waals surface area contributed by atoms with Gasteiger partial charge in [-0.3, -0.25) is 19.3 Å². The number of hydrogen-bond acceptors (Lipinski definition) is 5. The summed E-state index contributed by atoms with van der Waals surface area (Å²) in [6.45, 7) is 3.82. The van der Waals surface area contributed by atoms with Crippen molar-refractivity contribution in [1.82, 2.24) is 4.90 Å². The van der Waals surface area contributed by atoms with Crippen LogP contribution in [-0.4, -0.2) is 28.5 Å². The van der Waals surface area contributed by atoms with E-state index in [4.69, 9.17) is 16.3 Å². The molecule has 1 fully saturated rings. The Kier molecular flexibility index (Phi) is 7.58. The van der Waals surface area contributed by atoms with Gasteiger partial charge in [-0.15, -0.1) is 0 Å². The molecule has 178 valence electrons. The van der Waals surface area contributed by atoms with E-state index in [-0.39, 0.29) is 11.4 Å². The minimum Gasteiger partial charge on any atom is -0.488 e. The second kappa shape index (κ2) is 10.8. The molecule has 0 atom stereocenters. The summed E-state index contributed by atoms with van der Waals surface area (Å²) in [7, 11) is 0. The number of nitrogens with zero attached hydrogens (tertiary/aromatic N) is 1. The normalized spacial score (nSPS) is 14.5. The molecule has 0 saturated carbocycles. The van der Waals surface area contributed by atoms with Crippen LogP contribution in [0.15, 0.2) is 71.6 Å². The van der Waals surface area contributed by atoms with Crippen molar-refractivity contribution in [2.24, 2.45) is 0 Å². The van der Waals surface area contributed by atoms with Gasteiger partial charge in [0.2, 0.25) is 5.91 Å². The van der Waals surface area contributed by atoms with Crippen LogP contribution in [0.2, 0.25) is 5.02 Å². The lowest BCUT2D eigenvalue weighted by Gasteiger charge is -2.14. The van der Waals surface area contributed by atoms with Gasteiger partial charge in [0.25, 0.3) is 11.1 Å². The molecule has 6 nitrogen and oxygen atoms in total. The Morgan fingerprint density at radius 2 is 1.77 bits per heavy atom. The van der Waals surface area contributed by atoms with Crippen molar-refractivity contribution in [3.05, 3.63) is 98.9 Å². The second-order valence-corrected chi connectivity index (χ2v) is 9.45. The third kappa shape index (κ3) is 5.93. The van der Waals surface area contributed by atoms with E-state index in [0.717, 1.165) is 33.4 Å². The molecule has 1 saturated heterocycles. The lowest BCUT2D eigenvalue weighted by molar-refractivity contribution is -0.127. The zero-order chi connectivity index (χ0) is 24.9. The molecule has 4 rings (SSSR count). The molecule has 3 amide bonds. The average Bonchev–Trinajstić information content (AvgIpc) is 3.10. The van der Waals surface area contributed by atoms with E-state index >= 15 is 0 Å². The molecule has 3 aromatic rings. The summed E-state index contributed by atoms with van der Waals surface area (Å²) in [6.07, 6.45) is 1.62. The van der Waals surface area contributed by atoms with Crippen molar-refractivity contribution in [1.29, 1.82) is 0 Å². The van der Waals surface area contributed by atoms with Gasteiger partial charge in [-0.2, -0.15) is 0 Å². The highest BCUT2D eigenvalue weighted by Crippen LogP contribution is 2.34. The van der Waals surface area contributed by atoms with Gasteiger partial charge in [-0.05, 0) is 72.6 Å². The molecule has 0 bridgehead atoms. The number of carbonyl (C=O) groups excluding carboxylic acids is 3. The van der Waals surface area contributed by atoms with Gasteiger partial charge in [-0.25, -0.2) is 0 Å². The summed E-state index contributed by atoms with van der Waals surface area (Å²) in [4.78, 5) is 39.2. The Morgan fingerprint density at radius 3 is 2.54 bits per heavy atom. The fraction of sp³-hybridized carbons (Fsp3) is 0.148. The van der Waals surface area contributed by atoms with Crippen LogP contribution in [-0.2, 0) is 16.2 Å². The number of para-hydroxylation sites is 1. The van der Waals surface area contributed by atoms with Crippen LogP contribution in [0.3, 0.4) is 0 Å². The number of ether oxygens (including phenoxy) is 1. The average molecular weight is 507 g/mol. The van der Waals surface area contributed by atoms with E-state index in [1.54, 1.807) is 36.4 Å². The van der Waals surface area contributed by atoms with Crippen molar-refractivity contribution >= 4 is 52.2 Å². The number of imide groups is 1.